The number of nitrogens with one attached hydrogen (secondary N) is 2. The quantitative estimate of drug-likeness (QED) is 0.807. The third-order valence-electron chi connectivity index (χ3n) is 2.60. The lowest BCUT2D eigenvalue weighted by atomic mass is 10.2. The van der Waals surface area contributed by atoms with E-state index in [4.69, 9.17) is 5.73 Å². The lowest BCUT2D eigenvalue weighted by Gasteiger charge is -2.09. The summed E-state index contributed by atoms with van der Waals surface area (Å²) in [5.41, 5.74) is 6.31. The molecule has 2 aromatic carbocycles. The number of rotatable bonds is 3. The summed E-state index contributed by atoms with van der Waals surface area (Å²) in [5, 5.41) is 4.75. The van der Waals surface area contributed by atoms with Gasteiger partial charge in [0.25, 0.3) is 0 Å². The topological polar surface area (TPSA) is 67.1 Å². The smallest absolute Gasteiger partial charge is 0.323 e. The standard InChI is InChI=1S/C14H13F2N3O/c15-10-2-1-3-11(7-10)18-14(20)19-13-5-4-9(8-17)6-12(13)16/h1-7H,8,17H2,(H2,18,19,20). The molecule has 4 nitrogen and oxygen atoms in total. The lowest BCUT2D eigenvalue weighted by molar-refractivity contribution is 0.262. The van der Waals surface area contributed by atoms with E-state index < -0.39 is 17.7 Å². The van der Waals surface area contributed by atoms with Crippen molar-refractivity contribution in [1.82, 2.24) is 0 Å². The van der Waals surface area contributed by atoms with Gasteiger partial charge in [0.15, 0.2) is 0 Å². The Morgan fingerprint density at radius 2 is 1.90 bits per heavy atom. The molecule has 104 valence electrons. The summed E-state index contributed by atoms with van der Waals surface area (Å²) >= 11 is 0. The monoisotopic (exact) mass is 277 g/mol. The van der Waals surface area contributed by atoms with Gasteiger partial charge >= 0.3 is 6.03 Å². The molecule has 0 saturated heterocycles. The van der Waals surface area contributed by atoms with Gasteiger partial charge in [-0.15, -0.1) is 0 Å². The van der Waals surface area contributed by atoms with Gasteiger partial charge in [0.1, 0.15) is 11.6 Å². The van der Waals surface area contributed by atoms with Crippen molar-refractivity contribution >= 4 is 17.4 Å². The van der Waals surface area contributed by atoms with Gasteiger partial charge in [-0.25, -0.2) is 13.6 Å². The second-order valence-electron chi connectivity index (χ2n) is 4.11. The molecule has 0 atom stereocenters. The van der Waals surface area contributed by atoms with Crippen molar-refractivity contribution in [1.29, 1.82) is 0 Å². The van der Waals surface area contributed by atoms with Crippen molar-refractivity contribution in [3.05, 3.63) is 59.7 Å². The zero-order valence-corrected chi connectivity index (χ0v) is 10.5. The van der Waals surface area contributed by atoms with Crippen molar-refractivity contribution in [3.63, 3.8) is 0 Å². The van der Waals surface area contributed by atoms with Gasteiger partial charge in [0.2, 0.25) is 0 Å². The van der Waals surface area contributed by atoms with Gasteiger partial charge in [-0.3, -0.25) is 0 Å². The van der Waals surface area contributed by atoms with Gasteiger partial charge in [0.05, 0.1) is 5.69 Å². The number of benzene rings is 2. The predicted molar refractivity (Wildman–Crippen MR) is 73.3 cm³/mol. The van der Waals surface area contributed by atoms with E-state index in [-0.39, 0.29) is 17.9 Å². The Morgan fingerprint density at radius 3 is 2.55 bits per heavy atom. The molecule has 2 rings (SSSR count). The Morgan fingerprint density at radius 1 is 1.10 bits per heavy atom. The van der Waals surface area contributed by atoms with Gasteiger partial charge < -0.3 is 16.4 Å². The molecule has 0 aliphatic carbocycles. The van der Waals surface area contributed by atoms with Crippen LogP contribution in [0.2, 0.25) is 0 Å². The summed E-state index contributed by atoms with van der Waals surface area (Å²) in [6.45, 7) is 0.215. The molecule has 0 spiro atoms. The Bertz CT molecular complexity index is 632. The summed E-state index contributed by atoms with van der Waals surface area (Å²) in [7, 11) is 0. The first kappa shape index (κ1) is 14.0. The molecule has 2 amide bonds. The van der Waals surface area contributed by atoms with Gasteiger partial charge in [0, 0.05) is 12.2 Å². The fraction of sp³-hybridized carbons (Fsp3) is 0.0714. The number of halogens is 2. The average molecular weight is 277 g/mol. The molecule has 2 aromatic rings. The Hall–Kier alpha value is -2.47. The number of carbonyl (C=O) groups excluding carboxylic acids is 1. The summed E-state index contributed by atoms with van der Waals surface area (Å²) in [4.78, 5) is 11.7. The minimum Gasteiger partial charge on any atom is -0.326 e. The Balaban J connectivity index is 2.05. The molecule has 0 heterocycles. The summed E-state index contributed by atoms with van der Waals surface area (Å²) in [5.74, 6) is -1.05. The molecular weight excluding hydrogens is 264 g/mol. The van der Waals surface area contributed by atoms with Gasteiger partial charge in [-0.2, -0.15) is 0 Å². The van der Waals surface area contributed by atoms with Crippen LogP contribution in [0.4, 0.5) is 25.0 Å². The van der Waals surface area contributed by atoms with Gasteiger partial charge in [-0.1, -0.05) is 12.1 Å². The predicted octanol–water partition coefficient (Wildman–Crippen LogP) is 3.07. The van der Waals surface area contributed by atoms with Gasteiger partial charge in [-0.05, 0) is 35.9 Å². The molecule has 0 aliphatic heterocycles. The summed E-state index contributed by atoms with van der Waals surface area (Å²) in [6, 6.07) is 9.02. The maximum absolute atomic E-state index is 13.6. The minimum absolute atomic E-state index is 0.0242. The van der Waals surface area contributed by atoms with E-state index in [2.05, 4.69) is 10.6 Å². The Kier molecular flexibility index (Phi) is 4.27. The zero-order chi connectivity index (χ0) is 14.5. The first-order valence-electron chi connectivity index (χ1n) is 5.90. The van der Waals surface area contributed by atoms with E-state index >= 15 is 0 Å². The number of nitrogens with two attached hydrogens (primary N) is 1. The van der Waals surface area contributed by atoms with E-state index in [0.29, 0.717) is 5.56 Å². The summed E-state index contributed by atoms with van der Waals surface area (Å²) < 4.78 is 26.6. The third-order valence-corrected chi connectivity index (χ3v) is 2.60. The highest BCUT2D eigenvalue weighted by atomic mass is 19.1. The maximum atomic E-state index is 13.6. The lowest BCUT2D eigenvalue weighted by Crippen LogP contribution is -2.20. The van der Waals surface area contributed by atoms with Crippen LogP contribution in [0.5, 0.6) is 0 Å². The van der Waals surface area contributed by atoms with Crippen LogP contribution in [0.25, 0.3) is 0 Å². The van der Waals surface area contributed by atoms with Crippen LogP contribution in [-0.2, 0) is 6.54 Å². The molecule has 0 unspecified atom stereocenters. The molecule has 20 heavy (non-hydrogen) atoms. The minimum atomic E-state index is -0.657. The van der Waals surface area contributed by atoms with E-state index in [1.807, 2.05) is 0 Å². The van der Waals surface area contributed by atoms with Crippen LogP contribution < -0.4 is 16.4 Å². The average Bonchev–Trinajstić information content (AvgIpc) is 2.41. The largest absolute Gasteiger partial charge is 0.326 e. The van der Waals surface area contributed by atoms with E-state index in [0.717, 1.165) is 6.07 Å². The van der Waals surface area contributed by atoms with E-state index in [1.165, 1.54) is 30.3 Å². The fourth-order valence-corrected chi connectivity index (χ4v) is 1.64. The van der Waals surface area contributed by atoms with Crippen molar-refractivity contribution in [2.75, 3.05) is 10.6 Å². The number of carbonyl (C=O) groups is 1. The molecule has 0 aromatic heterocycles. The van der Waals surface area contributed by atoms with E-state index in [9.17, 15) is 13.6 Å². The zero-order valence-electron chi connectivity index (χ0n) is 10.5. The molecular formula is C14H13F2N3O. The van der Waals surface area contributed by atoms with Crippen LogP contribution in [0.1, 0.15) is 5.56 Å². The van der Waals surface area contributed by atoms with Crippen LogP contribution in [0.3, 0.4) is 0 Å². The van der Waals surface area contributed by atoms with Crippen molar-refractivity contribution in [2.45, 2.75) is 6.54 Å². The van der Waals surface area contributed by atoms with Crippen LogP contribution in [-0.4, -0.2) is 6.03 Å². The molecule has 0 bridgehead atoms. The normalized spacial score (nSPS) is 10.2. The van der Waals surface area contributed by atoms with Crippen LogP contribution in [0, 0.1) is 11.6 Å². The fourth-order valence-electron chi connectivity index (χ4n) is 1.64. The number of hydrogen-bond acceptors (Lipinski definition) is 2. The number of hydrogen-bond donors (Lipinski definition) is 3. The molecule has 0 aliphatic rings. The second-order valence-corrected chi connectivity index (χ2v) is 4.11. The third kappa shape index (κ3) is 3.52. The number of urea groups is 1. The SMILES string of the molecule is NCc1ccc(NC(=O)Nc2cccc(F)c2)c(F)c1. The molecule has 0 radical (unpaired) electrons. The number of amides is 2. The second kappa shape index (κ2) is 6.12. The first-order valence-corrected chi connectivity index (χ1v) is 5.90. The summed E-state index contributed by atoms with van der Waals surface area (Å²) in [6.07, 6.45) is 0. The number of anilines is 2. The highest BCUT2D eigenvalue weighted by Crippen LogP contribution is 2.16. The van der Waals surface area contributed by atoms with Crippen LogP contribution in [0.15, 0.2) is 42.5 Å². The molecule has 6 heteroatoms. The molecule has 0 saturated carbocycles. The maximum Gasteiger partial charge on any atom is 0.323 e. The van der Waals surface area contributed by atoms with Crippen molar-refractivity contribution < 1.29 is 13.6 Å². The van der Waals surface area contributed by atoms with Crippen LogP contribution >= 0.6 is 0 Å². The highest BCUT2D eigenvalue weighted by Gasteiger charge is 2.08. The Labute approximate surface area is 114 Å². The van der Waals surface area contributed by atoms with Crippen molar-refractivity contribution in [2.24, 2.45) is 5.73 Å². The first-order chi connectivity index (χ1) is 9.58. The highest BCUT2D eigenvalue weighted by molar-refractivity contribution is 5.99. The molecule has 4 N–H and O–H groups in total. The van der Waals surface area contributed by atoms with E-state index in [1.54, 1.807) is 6.07 Å². The molecule has 0 fully saturated rings. The van der Waals surface area contributed by atoms with Crippen molar-refractivity contribution in [3.8, 4) is 0 Å².